The SMILES string of the molecule is CCCNCC1(CCC(C)(C)C)CCC1. The van der Waals surface area contributed by atoms with E-state index < -0.39 is 0 Å². The summed E-state index contributed by atoms with van der Waals surface area (Å²) < 4.78 is 0. The van der Waals surface area contributed by atoms with Crippen LogP contribution in [0.1, 0.15) is 66.2 Å². The molecule has 0 aromatic rings. The maximum absolute atomic E-state index is 3.61. The van der Waals surface area contributed by atoms with Crippen molar-refractivity contribution in [2.24, 2.45) is 10.8 Å². The van der Waals surface area contributed by atoms with Crippen molar-refractivity contribution in [2.45, 2.75) is 66.2 Å². The van der Waals surface area contributed by atoms with E-state index in [-0.39, 0.29) is 0 Å². The Kier molecular flexibility index (Phi) is 4.64. The lowest BCUT2D eigenvalue weighted by Gasteiger charge is -2.44. The molecule has 1 saturated carbocycles. The molecule has 0 amide bonds. The minimum Gasteiger partial charge on any atom is -0.316 e. The Hall–Kier alpha value is -0.0400. The third-order valence-electron chi connectivity index (χ3n) is 3.75. The Balaban J connectivity index is 2.27. The predicted molar refractivity (Wildman–Crippen MR) is 68.1 cm³/mol. The molecule has 1 heteroatoms. The summed E-state index contributed by atoms with van der Waals surface area (Å²) in [5, 5.41) is 3.61. The molecule has 0 aromatic carbocycles. The largest absolute Gasteiger partial charge is 0.316 e. The molecule has 0 unspecified atom stereocenters. The van der Waals surface area contributed by atoms with Gasteiger partial charge in [0, 0.05) is 6.54 Å². The van der Waals surface area contributed by atoms with E-state index in [0.717, 1.165) is 0 Å². The lowest BCUT2D eigenvalue weighted by atomic mass is 9.64. The molecule has 90 valence electrons. The molecule has 1 nitrogen and oxygen atoms in total. The van der Waals surface area contributed by atoms with Gasteiger partial charge in [0.2, 0.25) is 0 Å². The zero-order valence-electron chi connectivity index (χ0n) is 11.2. The smallest absolute Gasteiger partial charge is 0.000781 e. The van der Waals surface area contributed by atoms with E-state index >= 15 is 0 Å². The second-order valence-electron chi connectivity index (χ2n) is 6.59. The van der Waals surface area contributed by atoms with E-state index in [2.05, 4.69) is 33.0 Å². The molecule has 0 heterocycles. The third kappa shape index (κ3) is 4.55. The summed E-state index contributed by atoms with van der Waals surface area (Å²) in [5.74, 6) is 0. The van der Waals surface area contributed by atoms with Crippen molar-refractivity contribution in [2.75, 3.05) is 13.1 Å². The molecule has 15 heavy (non-hydrogen) atoms. The van der Waals surface area contributed by atoms with Crippen LogP contribution < -0.4 is 5.32 Å². The molecule has 0 bridgehead atoms. The topological polar surface area (TPSA) is 12.0 Å². The zero-order valence-corrected chi connectivity index (χ0v) is 11.2. The summed E-state index contributed by atoms with van der Waals surface area (Å²) in [5.41, 5.74) is 1.18. The minimum atomic E-state index is 0.507. The highest BCUT2D eigenvalue weighted by atomic mass is 14.9. The van der Waals surface area contributed by atoms with Gasteiger partial charge in [0.25, 0.3) is 0 Å². The Labute approximate surface area is 96.0 Å². The average Bonchev–Trinajstić information content (AvgIpc) is 2.06. The van der Waals surface area contributed by atoms with Gasteiger partial charge in [-0.25, -0.2) is 0 Å². The zero-order chi connectivity index (χ0) is 11.4. The van der Waals surface area contributed by atoms with Crippen molar-refractivity contribution in [3.63, 3.8) is 0 Å². The molecule has 0 spiro atoms. The highest BCUT2D eigenvalue weighted by molar-refractivity contribution is 4.90. The van der Waals surface area contributed by atoms with Crippen molar-refractivity contribution >= 4 is 0 Å². The first-order valence-corrected chi connectivity index (χ1v) is 6.68. The second-order valence-corrected chi connectivity index (χ2v) is 6.59. The Morgan fingerprint density at radius 3 is 2.27 bits per heavy atom. The second kappa shape index (κ2) is 5.34. The molecule has 1 aliphatic rings. The Bertz CT molecular complexity index is 174. The lowest BCUT2D eigenvalue weighted by Crippen LogP contribution is -2.40. The van der Waals surface area contributed by atoms with Gasteiger partial charge in [0.05, 0.1) is 0 Å². The fraction of sp³-hybridized carbons (Fsp3) is 1.00. The fourth-order valence-electron chi connectivity index (χ4n) is 2.36. The van der Waals surface area contributed by atoms with Gasteiger partial charge < -0.3 is 5.32 Å². The number of hydrogen-bond acceptors (Lipinski definition) is 1. The van der Waals surface area contributed by atoms with Crippen LogP contribution in [-0.2, 0) is 0 Å². The molecule has 0 aromatic heterocycles. The maximum Gasteiger partial charge on any atom is 0.000781 e. The van der Waals surface area contributed by atoms with Gasteiger partial charge in [-0.3, -0.25) is 0 Å². The van der Waals surface area contributed by atoms with Gasteiger partial charge in [0.1, 0.15) is 0 Å². The first kappa shape index (κ1) is 13.0. The quantitative estimate of drug-likeness (QED) is 0.655. The van der Waals surface area contributed by atoms with Crippen LogP contribution in [0.25, 0.3) is 0 Å². The summed E-state index contributed by atoms with van der Waals surface area (Å²) in [4.78, 5) is 0. The van der Waals surface area contributed by atoms with Crippen LogP contribution in [0, 0.1) is 10.8 Å². The monoisotopic (exact) mass is 211 g/mol. The van der Waals surface area contributed by atoms with Gasteiger partial charge in [0.15, 0.2) is 0 Å². The standard InChI is InChI=1S/C14H29N/c1-5-11-15-12-14(7-6-8-14)10-9-13(2,3)4/h15H,5-12H2,1-4H3. The lowest BCUT2D eigenvalue weighted by molar-refractivity contribution is 0.0977. The van der Waals surface area contributed by atoms with Crippen molar-refractivity contribution in [3.8, 4) is 0 Å². The van der Waals surface area contributed by atoms with Crippen LogP contribution in [0.5, 0.6) is 0 Å². The number of hydrogen-bond donors (Lipinski definition) is 1. The van der Waals surface area contributed by atoms with Crippen molar-refractivity contribution < 1.29 is 0 Å². The Morgan fingerprint density at radius 1 is 1.20 bits per heavy atom. The molecule has 1 N–H and O–H groups in total. The molecular formula is C14H29N. The fourth-order valence-corrected chi connectivity index (χ4v) is 2.36. The Morgan fingerprint density at radius 2 is 1.87 bits per heavy atom. The predicted octanol–water partition coefficient (Wildman–Crippen LogP) is 3.98. The molecule has 1 rings (SSSR count). The van der Waals surface area contributed by atoms with Gasteiger partial charge in [-0.05, 0) is 49.5 Å². The van der Waals surface area contributed by atoms with E-state index in [4.69, 9.17) is 0 Å². The summed E-state index contributed by atoms with van der Waals surface area (Å²) in [7, 11) is 0. The van der Waals surface area contributed by atoms with Gasteiger partial charge in [-0.15, -0.1) is 0 Å². The van der Waals surface area contributed by atoms with Gasteiger partial charge in [-0.2, -0.15) is 0 Å². The van der Waals surface area contributed by atoms with Crippen LogP contribution >= 0.6 is 0 Å². The molecule has 0 aliphatic heterocycles. The number of nitrogens with one attached hydrogen (secondary N) is 1. The molecule has 0 saturated heterocycles. The highest BCUT2D eigenvalue weighted by Crippen LogP contribution is 2.46. The van der Waals surface area contributed by atoms with Crippen molar-refractivity contribution in [1.29, 1.82) is 0 Å². The van der Waals surface area contributed by atoms with E-state index in [1.807, 2.05) is 0 Å². The molecule has 0 radical (unpaired) electrons. The number of rotatable bonds is 6. The minimum absolute atomic E-state index is 0.507. The van der Waals surface area contributed by atoms with E-state index in [0.29, 0.717) is 10.8 Å². The molecular weight excluding hydrogens is 182 g/mol. The normalized spacial score (nSPS) is 20.0. The van der Waals surface area contributed by atoms with Gasteiger partial charge in [-0.1, -0.05) is 34.1 Å². The third-order valence-corrected chi connectivity index (χ3v) is 3.75. The highest BCUT2D eigenvalue weighted by Gasteiger charge is 2.36. The molecule has 1 aliphatic carbocycles. The summed E-state index contributed by atoms with van der Waals surface area (Å²) in [6, 6.07) is 0. The van der Waals surface area contributed by atoms with Crippen LogP contribution in [0.2, 0.25) is 0 Å². The van der Waals surface area contributed by atoms with Crippen LogP contribution in [0.4, 0.5) is 0 Å². The van der Waals surface area contributed by atoms with E-state index in [9.17, 15) is 0 Å². The summed E-state index contributed by atoms with van der Waals surface area (Å²) >= 11 is 0. The average molecular weight is 211 g/mol. The van der Waals surface area contributed by atoms with E-state index in [1.54, 1.807) is 0 Å². The first-order valence-electron chi connectivity index (χ1n) is 6.68. The molecule has 1 fully saturated rings. The van der Waals surface area contributed by atoms with E-state index in [1.165, 1.54) is 51.6 Å². The van der Waals surface area contributed by atoms with Crippen molar-refractivity contribution in [3.05, 3.63) is 0 Å². The van der Waals surface area contributed by atoms with Crippen LogP contribution in [-0.4, -0.2) is 13.1 Å². The molecule has 0 atom stereocenters. The van der Waals surface area contributed by atoms with Crippen LogP contribution in [0.3, 0.4) is 0 Å². The van der Waals surface area contributed by atoms with Gasteiger partial charge >= 0.3 is 0 Å². The van der Waals surface area contributed by atoms with Crippen LogP contribution in [0.15, 0.2) is 0 Å². The first-order chi connectivity index (χ1) is 6.97. The summed E-state index contributed by atoms with van der Waals surface area (Å²) in [6.45, 7) is 11.8. The maximum atomic E-state index is 3.61. The summed E-state index contributed by atoms with van der Waals surface area (Å²) in [6.07, 6.45) is 8.43. The van der Waals surface area contributed by atoms with Crippen molar-refractivity contribution in [1.82, 2.24) is 5.32 Å².